The van der Waals surface area contributed by atoms with Gasteiger partial charge in [-0.2, -0.15) is 0 Å². The first-order valence-corrected chi connectivity index (χ1v) is 5.44. The molecule has 0 bridgehead atoms. The van der Waals surface area contributed by atoms with Crippen LogP contribution < -0.4 is 0 Å². The van der Waals surface area contributed by atoms with Gasteiger partial charge >= 0.3 is 5.97 Å². The smallest absolute Gasteiger partial charge is 0.316 e. The Kier molecular flexibility index (Phi) is 4.10. The van der Waals surface area contributed by atoms with Crippen LogP contribution in [0.2, 0.25) is 0 Å². The maximum Gasteiger partial charge on any atom is 0.316 e. The third-order valence-corrected chi connectivity index (χ3v) is 2.54. The lowest BCUT2D eigenvalue weighted by atomic mass is 9.82. The van der Waals surface area contributed by atoms with Gasteiger partial charge in [-0.1, -0.05) is 6.92 Å². The molecule has 16 heavy (non-hydrogen) atoms. The molecule has 0 aromatic heterocycles. The summed E-state index contributed by atoms with van der Waals surface area (Å²) in [5.41, 5.74) is 0. The molecule has 0 aromatic rings. The summed E-state index contributed by atoms with van der Waals surface area (Å²) in [6, 6.07) is 0. The van der Waals surface area contributed by atoms with Crippen LogP contribution in [0.3, 0.4) is 0 Å². The Morgan fingerprint density at radius 2 is 2.12 bits per heavy atom. The summed E-state index contributed by atoms with van der Waals surface area (Å²) >= 11 is 0. The minimum Gasteiger partial charge on any atom is -0.495 e. The molecule has 0 spiro atoms. The number of ketones is 1. The Morgan fingerprint density at radius 1 is 1.50 bits per heavy atom. The normalized spacial score (nSPS) is 25.3. The number of carbonyl (C=O) groups excluding carboxylic acids is 2. The molecule has 0 heterocycles. The summed E-state index contributed by atoms with van der Waals surface area (Å²) in [5.74, 6) is -0.769. The summed E-state index contributed by atoms with van der Waals surface area (Å²) in [5, 5.41) is 0. The summed E-state index contributed by atoms with van der Waals surface area (Å²) in [6.45, 7) is 5.67. The first-order valence-electron chi connectivity index (χ1n) is 5.44. The third-order valence-electron chi connectivity index (χ3n) is 2.54. The van der Waals surface area contributed by atoms with E-state index < -0.39 is 11.9 Å². The van der Waals surface area contributed by atoms with Gasteiger partial charge in [0.25, 0.3) is 0 Å². The second-order valence-corrected chi connectivity index (χ2v) is 4.36. The van der Waals surface area contributed by atoms with E-state index in [9.17, 15) is 9.59 Å². The van der Waals surface area contributed by atoms with Crippen molar-refractivity contribution < 1.29 is 19.1 Å². The average Bonchev–Trinajstić information content (AvgIpc) is 2.15. The van der Waals surface area contributed by atoms with Crippen molar-refractivity contribution in [2.45, 2.75) is 33.3 Å². The van der Waals surface area contributed by atoms with Crippen LogP contribution in [0.15, 0.2) is 11.8 Å². The summed E-state index contributed by atoms with van der Waals surface area (Å²) < 4.78 is 10.1. The molecule has 2 unspecified atom stereocenters. The standard InChI is InChI=1S/C12H18O4/c1-7(2)16-9-5-8(3)11(10(13)6-9)12(14)15-4/h6-8,11H,5H2,1-4H3. The van der Waals surface area contributed by atoms with Crippen LogP contribution in [0.5, 0.6) is 0 Å². The first-order chi connectivity index (χ1) is 7.45. The minimum atomic E-state index is -0.676. The zero-order valence-electron chi connectivity index (χ0n) is 10.1. The number of ether oxygens (including phenoxy) is 2. The number of esters is 1. The van der Waals surface area contributed by atoms with Crippen molar-refractivity contribution in [3.05, 3.63) is 11.8 Å². The van der Waals surface area contributed by atoms with Gasteiger partial charge in [-0.25, -0.2) is 0 Å². The number of carbonyl (C=O) groups is 2. The van der Waals surface area contributed by atoms with Gasteiger partial charge in [-0.05, 0) is 19.8 Å². The highest BCUT2D eigenvalue weighted by Gasteiger charge is 2.36. The maximum absolute atomic E-state index is 11.7. The van der Waals surface area contributed by atoms with E-state index in [0.717, 1.165) is 0 Å². The fourth-order valence-electron chi connectivity index (χ4n) is 1.88. The molecule has 0 radical (unpaired) electrons. The van der Waals surface area contributed by atoms with Crippen LogP contribution in [0.25, 0.3) is 0 Å². The molecule has 0 N–H and O–H groups in total. The summed E-state index contributed by atoms with van der Waals surface area (Å²) in [7, 11) is 1.30. The van der Waals surface area contributed by atoms with E-state index in [0.29, 0.717) is 12.2 Å². The lowest BCUT2D eigenvalue weighted by Gasteiger charge is -2.26. The van der Waals surface area contributed by atoms with E-state index >= 15 is 0 Å². The molecule has 0 aliphatic heterocycles. The molecule has 0 saturated carbocycles. The van der Waals surface area contributed by atoms with E-state index in [1.807, 2.05) is 20.8 Å². The molecule has 2 atom stereocenters. The Bertz CT molecular complexity index is 317. The fraction of sp³-hybridized carbons (Fsp3) is 0.667. The lowest BCUT2D eigenvalue weighted by molar-refractivity contribution is -0.150. The summed E-state index contributed by atoms with van der Waals surface area (Å²) in [6.07, 6.45) is 2.06. The number of rotatable bonds is 3. The second-order valence-electron chi connectivity index (χ2n) is 4.36. The molecule has 0 aromatic carbocycles. The Balaban J connectivity index is 2.80. The molecule has 1 aliphatic carbocycles. The van der Waals surface area contributed by atoms with Gasteiger partial charge in [-0.15, -0.1) is 0 Å². The van der Waals surface area contributed by atoms with Crippen molar-refractivity contribution in [3.63, 3.8) is 0 Å². The molecule has 4 nitrogen and oxygen atoms in total. The van der Waals surface area contributed by atoms with Crippen LogP contribution >= 0.6 is 0 Å². The van der Waals surface area contributed by atoms with E-state index in [1.165, 1.54) is 13.2 Å². The second kappa shape index (κ2) is 5.14. The minimum absolute atomic E-state index is 0.0425. The van der Waals surface area contributed by atoms with Crippen LogP contribution in [0.4, 0.5) is 0 Å². The maximum atomic E-state index is 11.7. The highest BCUT2D eigenvalue weighted by atomic mass is 16.5. The van der Waals surface area contributed by atoms with Crippen molar-refractivity contribution in [3.8, 4) is 0 Å². The Labute approximate surface area is 95.6 Å². The molecular weight excluding hydrogens is 208 g/mol. The highest BCUT2D eigenvalue weighted by molar-refractivity contribution is 6.06. The van der Waals surface area contributed by atoms with Crippen LogP contribution in [-0.4, -0.2) is 25.0 Å². The number of hydrogen-bond donors (Lipinski definition) is 0. The number of hydrogen-bond acceptors (Lipinski definition) is 4. The Morgan fingerprint density at radius 3 is 2.56 bits per heavy atom. The van der Waals surface area contributed by atoms with Gasteiger partial charge < -0.3 is 9.47 Å². The fourth-order valence-corrected chi connectivity index (χ4v) is 1.88. The molecule has 1 rings (SSSR count). The molecule has 0 saturated heterocycles. The monoisotopic (exact) mass is 226 g/mol. The van der Waals surface area contributed by atoms with Crippen LogP contribution in [-0.2, 0) is 19.1 Å². The van der Waals surface area contributed by atoms with Crippen molar-refractivity contribution in [2.24, 2.45) is 11.8 Å². The first kappa shape index (κ1) is 12.7. The summed E-state index contributed by atoms with van der Waals surface area (Å²) in [4.78, 5) is 23.1. The molecule has 4 heteroatoms. The van der Waals surface area contributed by atoms with Crippen molar-refractivity contribution in [1.29, 1.82) is 0 Å². The van der Waals surface area contributed by atoms with Gasteiger partial charge in [0, 0.05) is 12.5 Å². The van der Waals surface area contributed by atoms with Crippen molar-refractivity contribution in [1.82, 2.24) is 0 Å². The molecule has 90 valence electrons. The van der Waals surface area contributed by atoms with Gasteiger partial charge in [0.2, 0.25) is 0 Å². The van der Waals surface area contributed by atoms with Crippen molar-refractivity contribution >= 4 is 11.8 Å². The third kappa shape index (κ3) is 2.84. The zero-order chi connectivity index (χ0) is 12.3. The largest absolute Gasteiger partial charge is 0.495 e. The van der Waals surface area contributed by atoms with E-state index in [2.05, 4.69) is 4.74 Å². The van der Waals surface area contributed by atoms with Gasteiger partial charge in [0.15, 0.2) is 5.78 Å². The quantitative estimate of drug-likeness (QED) is 0.543. The predicted molar refractivity (Wildman–Crippen MR) is 58.6 cm³/mol. The van der Waals surface area contributed by atoms with E-state index in [-0.39, 0.29) is 17.8 Å². The number of allylic oxidation sites excluding steroid dienone is 2. The van der Waals surface area contributed by atoms with Crippen LogP contribution in [0.1, 0.15) is 27.2 Å². The van der Waals surface area contributed by atoms with Gasteiger partial charge in [0.05, 0.1) is 13.2 Å². The zero-order valence-corrected chi connectivity index (χ0v) is 10.1. The Hall–Kier alpha value is -1.32. The van der Waals surface area contributed by atoms with Crippen molar-refractivity contribution in [2.75, 3.05) is 7.11 Å². The predicted octanol–water partition coefficient (Wildman–Crippen LogP) is 1.69. The number of methoxy groups -OCH3 is 1. The highest BCUT2D eigenvalue weighted by Crippen LogP contribution is 2.29. The van der Waals surface area contributed by atoms with Gasteiger partial charge in [0.1, 0.15) is 11.7 Å². The SMILES string of the molecule is COC(=O)C1C(=O)C=C(OC(C)C)CC1C. The molecule has 1 aliphatic rings. The lowest BCUT2D eigenvalue weighted by Crippen LogP contribution is -2.34. The average molecular weight is 226 g/mol. The van der Waals surface area contributed by atoms with Crippen LogP contribution in [0, 0.1) is 11.8 Å². The van der Waals surface area contributed by atoms with Gasteiger partial charge in [-0.3, -0.25) is 9.59 Å². The van der Waals surface area contributed by atoms with E-state index in [1.54, 1.807) is 0 Å². The topological polar surface area (TPSA) is 52.6 Å². The molecule has 0 fully saturated rings. The van der Waals surface area contributed by atoms with E-state index in [4.69, 9.17) is 4.74 Å². The molecule has 0 amide bonds. The molecular formula is C12H18O4.